The van der Waals surface area contributed by atoms with Crippen LogP contribution in [0.15, 0.2) is 23.2 Å². The van der Waals surface area contributed by atoms with E-state index in [1.165, 1.54) is 24.0 Å². The number of amides is 1. The maximum absolute atomic E-state index is 11.5. The lowest BCUT2D eigenvalue weighted by Crippen LogP contribution is -2.27. The van der Waals surface area contributed by atoms with Crippen molar-refractivity contribution in [2.45, 2.75) is 44.9 Å². The standard InChI is InChI=1S/C18H26N4O.HI/c19-18(20-11-5-13-22-12-4-10-17(22)23)21-16-9-3-7-14-6-1-2-8-15(14)16;/h3,7,9H,1-2,4-6,8,10-13H2,(H3,19,20,21);1H. The van der Waals surface area contributed by atoms with Crippen molar-refractivity contribution in [3.05, 3.63) is 29.3 Å². The summed E-state index contributed by atoms with van der Waals surface area (Å²) in [7, 11) is 0. The fourth-order valence-corrected chi connectivity index (χ4v) is 3.48. The Morgan fingerprint density at radius 3 is 2.83 bits per heavy atom. The molecule has 1 aliphatic carbocycles. The van der Waals surface area contributed by atoms with Gasteiger partial charge in [0.25, 0.3) is 0 Å². The Morgan fingerprint density at radius 1 is 1.21 bits per heavy atom. The quantitative estimate of drug-likeness (QED) is 0.319. The molecule has 5 nitrogen and oxygen atoms in total. The normalized spacial score (nSPS) is 17.4. The number of guanidine groups is 1. The predicted octanol–water partition coefficient (Wildman–Crippen LogP) is 2.92. The van der Waals surface area contributed by atoms with E-state index in [1.807, 2.05) is 4.90 Å². The van der Waals surface area contributed by atoms with Gasteiger partial charge in [0.15, 0.2) is 5.96 Å². The molecule has 0 spiro atoms. The van der Waals surface area contributed by atoms with Crippen LogP contribution in [-0.2, 0) is 17.6 Å². The van der Waals surface area contributed by atoms with Crippen molar-refractivity contribution in [3.63, 3.8) is 0 Å². The van der Waals surface area contributed by atoms with Crippen LogP contribution >= 0.6 is 24.0 Å². The van der Waals surface area contributed by atoms with Gasteiger partial charge in [0, 0.05) is 31.7 Å². The van der Waals surface area contributed by atoms with Crippen molar-refractivity contribution >= 4 is 41.5 Å². The molecule has 24 heavy (non-hydrogen) atoms. The van der Waals surface area contributed by atoms with Crippen molar-refractivity contribution in [3.8, 4) is 0 Å². The average molecular weight is 442 g/mol. The van der Waals surface area contributed by atoms with Gasteiger partial charge in [0.1, 0.15) is 0 Å². The predicted molar refractivity (Wildman–Crippen MR) is 109 cm³/mol. The number of aryl methyl sites for hydroxylation is 1. The lowest BCUT2D eigenvalue weighted by Gasteiger charge is -2.20. The summed E-state index contributed by atoms with van der Waals surface area (Å²) in [5, 5.41) is 3.25. The second-order valence-corrected chi connectivity index (χ2v) is 6.38. The summed E-state index contributed by atoms with van der Waals surface area (Å²) < 4.78 is 0. The number of anilines is 1. The second kappa shape index (κ2) is 9.25. The SMILES string of the molecule is I.NC(=NCCCN1CCCC1=O)Nc1cccc2c1CCCC2. The Morgan fingerprint density at radius 2 is 2.04 bits per heavy atom. The number of benzene rings is 1. The number of rotatable bonds is 5. The minimum absolute atomic E-state index is 0. The molecule has 0 aromatic heterocycles. The number of aliphatic imine (C=N–C) groups is 1. The van der Waals surface area contributed by atoms with E-state index >= 15 is 0 Å². The number of carbonyl (C=O) groups excluding carboxylic acids is 1. The molecule has 1 heterocycles. The number of nitrogens with two attached hydrogens (primary N) is 1. The summed E-state index contributed by atoms with van der Waals surface area (Å²) in [5.74, 6) is 0.743. The molecule has 0 saturated carbocycles. The van der Waals surface area contributed by atoms with Gasteiger partial charge in [0.2, 0.25) is 5.91 Å². The monoisotopic (exact) mass is 442 g/mol. The molecule has 2 aliphatic rings. The molecule has 0 atom stereocenters. The highest BCUT2D eigenvalue weighted by Crippen LogP contribution is 2.27. The lowest BCUT2D eigenvalue weighted by atomic mass is 9.90. The van der Waals surface area contributed by atoms with Gasteiger partial charge in [0.05, 0.1) is 0 Å². The van der Waals surface area contributed by atoms with Crippen LogP contribution in [0, 0.1) is 0 Å². The number of halogens is 1. The Balaban J connectivity index is 0.00000208. The molecule has 3 N–H and O–H groups in total. The van der Waals surface area contributed by atoms with Gasteiger partial charge in [-0.2, -0.15) is 0 Å². The summed E-state index contributed by atoms with van der Waals surface area (Å²) in [6.07, 6.45) is 7.34. The Labute approximate surface area is 161 Å². The number of nitrogens with zero attached hydrogens (tertiary/aromatic N) is 2. The fourth-order valence-electron chi connectivity index (χ4n) is 3.48. The van der Waals surface area contributed by atoms with Crippen molar-refractivity contribution in [1.29, 1.82) is 0 Å². The van der Waals surface area contributed by atoms with Crippen LogP contribution in [0.4, 0.5) is 5.69 Å². The lowest BCUT2D eigenvalue weighted by molar-refractivity contribution is -0.127. The van der Waals surface area contributed by atoms with Crippen molar-refractivity contribution in [2.75, 3.05) is 25.0 Å². The Bertz CT molecular complexity index is 603. The van der Waals surface area contributed by atoms with Gasteiger partial charge in [-0.25, -0.2) is 0 Å². The first kappa shape index (κ1) is 19.0. The fraction of sp³-hybridized carbons (Fsp3) is 0.556. The number of hydrogen-bond acceptors (Lipinski definition) is 2. The van der Waals surface area contributed by atoms with E-state index in [0.29, 0.717) is 18.9 Å². The van der Waals surface area contributed by atoms with Crippen LogP contribution in [0.3, 0.4) is 0 Å². The van der Waals surface area contributed by atoms with Crippen LogP contribution in [0.2, 0.25) is 0 Å². The van der Waals surface area contributed by atoms with Gasteiger partial charge < -0.3 is 16.0 Å². The average Bonchev–Trinajstić information content (AvgIpc) is 2.97. The first-order valence-electron chi connectivity index (χ1n) is 8.69. The van der Waals surface area contributed by atoms with Crippen LogP contribution in [-0.4, -0.2) is 36.4 Å². The highest BCUT2D eigenvalue weighted by Gasteiger charge is 2.18. The van der Waals surface area contributed by atoms with Gasteiger partial charge in [-0.05, 0) is 55.7 Å². The van der Waals surface area contributed by atoms with E-state index in [2.05, 4.69) is 28.5 Å². The molecule has 0 radical (unpaired) electrons. The molecule has 1 aromatic rings. The summed E-state index contributed by atoms with van der Waals surface area (Å²) in [6.45, 7) is 2.33. The summed E-state index contributed by atoms with van der Waals surface area (Å²) in [6, 6.07) is 6.37. The highest BCUT2D eigenvalue weighted by atomic mass is 127. The molecule has 1 fully saturated rings. The zero-order chi connectivity index (χ0) is 16.1. The van der Waals surface area contributed by atoms with E-state index in [9.17, 15) is 4.79 Å². The number of hydrogen-bond donors (Lipinski definition) is 2. The summed E-state index contributed by atoms with van der Waals surface area (Å²) in [5.41, 5.74) is 9.93. The van der Waals surface area contributed by atoms with E-state index in [4.69, 9.17) is 5.73 Å². The van der Waals surface area contributed by atoms with Gasteiger partial charge >= 0.3 is 0 Å². The van der Waals surface area contributed by atoms with Crippen LogP contribution in [0.1, 0.15) is 43.2 Å². The third kappa shape index (κ3) is 4.84. The molecule has 1 aliphatic heterocycles. The Hall–Kier alpha value is -1.31. The van der Waals surface area contributed by atoms with Crippen molar-refractivity contribution in [2.24, 2.45) is 10.7 Å². The number of fused-ring (bicyclic) bond motifs is 1. The zero-order valence-electron chi connectivity index (χ0n) is 14.1. The summed E-state index contributed by atoms with van der Waals surface area (Å²) in [4.78, 5) is 17.9. The molecule has 1 saturated heterocycles. The van der Waals surface area contributed by atoms with Crippen molar-refractivity contribution < 1.29 is 4.79 Å². The second-order valence-electron chi connectivity index (χ2n) is 6.38. The number of likely N-dealkylation sites (tertiary alicyclic amines) is 1. The molecule has 6 heteroatoms. The molecular weight excluding hydrogens is 415 g/mol. The van der Waals surface area contributed by atoms with Crippen LogP contribution in [0.5, 0.6) is 0 Å². The van der Waals surface area contributed by atoms with E-state index < -0.39 is 0 Å². The molecule has 0 unspecified atom stereocenters. The van der Waals surface area contributed by atoms with E-state index in [0.717, 1.165) is 44.5 Å². The van der Waals surface area contributed by atoms with Crippen LogP contribution in [0.25, 0.3) is 0 Å². The topological polar surface area (TPSA) is 70.7 Å². The van der Waals surface area contributed by atoms with E-state index in [-0.39, 0.29) is 29.9 Å². The molecule has 3 rings (SSSR count). The first-order chi connectivity index (χ1) is 11.2. The maximum Gasteiger partial charge on any atom is 0.222 e. The molecule has 0 bridgehead atoms. The third-order valence-electron chi connectivity index (χ3n) is 4.70. The maximum atomic E-state index is 11.5. The summed E-state index contributed by atoms with van der Waals surface area (Å²) >= 11 is 0. The minimum Gasteiger partial charge on any atom is -0.370 e. The molecular formula is C18H27IN4O. The van der Waals surface area contributed by atoms with Crippen molar-refractivity contribution in [1.82, 2.24) is 4.90 Å². The smallest absolute Gasteiger partial charge is 0.222 e. The van der Waals surface area contributed by atoms with Gasteiger partial charge in [-0.3, -0.25) is 9.79 Å². The first-order valence-corrected chi connectivity index (χ1v) is 8.69. The van der Waals surface area contributed by atoms with Gasteiger partial charge in [-0.15, -0.1) is 24.0 Å². The highest BCUT2D eigenvalue weighted by molar-refractivity contribution is 14.0. The van der Waals surface area contributed by atoms with E-state index in [1.54, 1.807) is 0 Å². The van der Waals surface area contributed by atoms with Gasteiger partial charge in [-0.1, -0.05) is 12.1 Å². The Kier molecular flexibility index (Phi) is 7.33. The van der Waals surface area contributed by atoms with Crippen LogP contribution < -0.4 is 11.1 Å². The zero-order valence-corrected chi connectivity index (χ0v) is 16.4. The molecule has 132 valence electrons. The third-order valence-corrected chi connectivity index (χ3v) is 4.70. The largest absolute Gasteiger partial charge is 0.370 e. The molecule has 1 aromatic carbocycles. The minimum atomic E-state index is 0. The molecule has 1 amide bonds. The number of carbonyl (C=O) groups is 1. The number of nitrogens with one attached hydrogen (secondary N) is 1.